The van der Waals surface area contributed by atoms with E-state index in [4.69, 9.17) is 17.0 Å². The number of esters is 1. The Hall–Kier alpha value is -3.66. The van der Waals surface area contributed by atoms with Gasteiger partial charge in [-0.15, -0.1) is 0 Å². The summed E-state index contributed by atoms with van der Waals surface area (Å²) in [5, 5.41) is 5.84. The van der Waals surface area contributed by atoms with Crippen LogP contribution < -0.4 is 21.2 Å². The molecule has 6 heteroatoms. The third kappa shape index (κ3) is 4.93. The van der Waals surface area contributed by atoms with Crippen LogP contribution in [-0.4, -0.2) is 29.6 Å². The molecule has 0 aliphatic carbocycles. The van der Waals surface area contributed by atoms with E-state index >= 15 is 0 Å². The quantitative estimate of drug-likeness (QED) is 0.224. The Labute approximate surface area is 211 Å². The van der Waals surface area contributed by atoms with Crippen molar-refractivity contribution in [3.05, 3.63) is 127 Å². The summed E-state index contributed by atoms with van der Waals surface area (Å²) in [6, 6.07) is 37.5. The van der Waals surface area contributed by atoms with Gasteiger partial charge in [-0.3, -0.25) is 4.79 Å². The van der Waals surface area contributed by atoms with Crippen LogP contribution in [0.1, 0.15) is 10.4 Å². The lowest BCUT2D eigenvalue weighted by atomic mass is 10.2. The molecule has 0 aliphatic heterocycles. The first kappa shape index (κ1) is 24.5. The fourth-order valence-corrected chi connectivity index (χ4v) is 9.30. The number of carbonyl (C=O) groups is 2. The number of benzene rings is 4. The second-order valence-corrected chi connectivity index (χ2v) is 11.9. The van der Waals surface area contributed by atoms with Crippen LogP contribution in [0.5, 0.6) is 0 Å². The molecule has 0 saturated carbocycles. The molecule has 4 rings (SSSR count). The van der Waals surface area contributed by atoms with Gasteiger partial charge >= 0.3 is 5.97 Å². The highest BCUT2D eigenvalue weighted by molar-refractivity contribution is 8.18. The van der Waals surface area contributed by atoms with Crippen LogP contribution in [0.15, 0.2) is 121 Å². The highest BCUT2D eigenvalue weighted by Crippen LogP contribution is 2.57. The van der Waals surface area contributed by atoms with Gasteiger partial charge in [-0.1, -0.05) is 72.8 Å². The van der Waals surface area contributed by atoms with E-state index in [0.29, 0.717) is 10.2 Å². The maximum atomic E-state index is 13.2. The number of rotatable bonds is 8. The lowest BCUT2D eigenvalue weighted by molar-refractivity contribution is -0.140. The van der Waals surface area contributed by atoms with Crippen molar-refractivity contribution >= 4 is 51.9 Å². The Morgan fingerprint density at radius 2 is 1.06 bits per heavy atom. The molecule has 174 valence electrons. The van der Waals surface area contributed by atoms with Crippen molar-refractivity contribution < 1.29 is 14.3 Å². The first-order valence-corrected chi connectivity index (χ1v) is 13.3. The lowest BCUT2D eigenvalue weighted by Gasteiger charge is -2.30. The minimum atomic E-state index is -2.70. The highest BCUT2D eigenvalue weighted by Gasteiger charge is 2.54. The zero-order chi connectivity index (χ0) is 24.7. The van der Waals surface area contributed by atoms with E-state index in [-0.39, 0.29) is 0 Å². The predicted molar refractivity (Wildman–Crippen MR) is 147 cm³/mol. The van der Waals surface area contributed by atoms with E-state index in [2.05, 4.69) is 5.32 Å². The van der Waals surface area contributed by atoms with Crippen LogP contribution >= 0.6 is 19.5 Å². The van der Waals surface area contributed by atoms with E-state index in [1.54, 1.807) is 24.3 Å². The molecular weight excluding hydrogens is 473 g/mol. The molecule has 4 aromatic rings. The smallest absolute Gasteiger partial charge is 0.337 e. The summed E-state index contributed by atoms with van der Waals surface area (Å²) in [4.78, 5) is 26.3. The number of methoxy groups -OCH3 is 1. The van der Waals surface area contributed by atoms with E-state index in [1.165, 1.54) is 7.11 Å². The minimum absolute atomic E-state index is 0.393. The van der Waals surface area contributed by atoms with Crippen molar-refractivity contribution in [1.82, 2.24) is 5.32 Å². The van der Waals surface area contributed by atoms with Gasteiger partial charge in [0.15, 0.2) is 17.9 Å². The third-order valence-electron chi connectivity index (χ3n) is 5.76. The second-order valence-electron chi connectivity index (χ2n) is 7.81. The number of amides is 1. The first-order chi connectivity index (χ1) is 17.1. The molecule has 1 unspecified atom stereocenters. The molecule has 1 amide bonds. The maximum Gasteiger partial charge on any atom is 0.337 e. The van der Waals surface area contributed by atoms with Crippen molar-refractivity contribution in [2.75, 3.05) is 7.11 Å². The minimum Gasteiger partial charge on any atom is -0.467 e. The Morgan fingerprint density at radius 3 is 1.43 bits per heavy atom. The summed E-state index contributed by atoms with van der Waals surface area (Å²) in [5.74, 6) is -0.998. The monoisotopic (exact) mass is 498 g/mol. The molecule has 35 heavy (non-hydrogen) atoms. The lowest BCUT2D eigenvalue weighted by Crippen LogP contribution is -2.51. The zero-order valence-corrected chi connectivity index (χ0v) is 20.9. The summed E-state index contributed by atoms with van der Waals surface area (Å²) >= 11 is 6.20. The fourth-order valence-electron chi connectivity index (χ4n) is 4.12. The molecule has 0 aliphatic rings. The molecule has 0 heterocycles. The van der Waals surface area contributed by atoms with E-state index in [9.17, 15) is 9.59 Å². The van der Waals surface area contributed by atoms with Crippen LogP contribution in [0, 0.1) is 0 Å². The van der Waals surface area contributed by atoms with Crippen molar-refractivity contribution in [1.29, 1.82) is 0 Å². The first-order valence-electron chi connectivity index (χ1n) is 11.1. The van der Waals surface area contributed by atoms with Gasteiger partial charge in [-0.25, -0.2) is 4.79 Å². The van der Waals surface area contributed by atoms with Crippen molar-refractivity contribution in [2.24, 2.45) is 0 Å². The molecule has 0 aromatic heterocycles. The van der Waals surface area contributed by atoms with Gasteiger partial charge in [0.05, 0.1) is 7.11 Å². The summed E-state index contributed by atoms with van der Waals surface area (Å²) in [6.45, 7) is 0. The molecule has 0 bridgehead atoms. The second kappa shape index (κ2) is 11.2. The Morgan fingerprint density at radius 1 is 0.686 bits per heavy atom. The summed E-state index contributed by atoms with van der Waals surface area (Å²) in [7, 11) is -1.39. The molecule has 0 saturated heterocycles. The van der Waals surface area contributed by atoms with Gasteiger partial charge in [-0.2, -0.15) is 0 Å². The molecule has 4 nitrogen and oxygen atoms in total. The van der Waals surface area contributed by atoms with Crippen LogP contribution in [0.25, 0.3) is 0 Å². The Balaban J connectivity index is 1.94. The summed E-state index contributed by atoms with van der Waals surface area (Å²) in [6.07, 6.45) is 0. The summed E-state index contributed by atoms with van der Waals surface area (Å²) < 4.78 is 5.58. The maximum absolute atomic E-state index is 13.2. The average molecular weight is 499 g/mol. The number of hydrogen-bond acceptors (Lipinski definition) is 4. The Bertz CT molecular complexity index is 1200. The number of thiocarbonyl (C=S) groups is 1. The van der Waals surface area contributed by atoms with Crippen LogP contribution in [0.3, 0.4) is 0 Å². The Kier molecular flexibility index (Phi) is 7.81. The normalized spacial score (nSPS) is 11.8. The van der Waals surface area contributed by atoms with Crippen LogP contribution in [0.4, 0.5) is 0 Å². The van der Waals surface area contributed by atoms with Gasteiger partial charge in [0.1, 0.15) is 15.9 Å². The molecular formula is C29H25NO3PS+. The van der Waals surface area contributed by atoms with Gasteiger partial charge in [-0.05, 0) is 60.7 Å². The topological polar surface area (TPSA) is 55.4 Å². The van der Waals surface area contributed by atoms with Crippen LogP contribution in [0.2, 0.25) is 0 Å². The van der Waals surface area contributed by atoms with E-state index in [1.807, 2.05) is 97.1 Å². The van der Waals surface area contributed by atoms with Gasteiger partial charge in [0.2, 0.25) is 0 Å². The van der Waals surface area contributed by atoms with Gasteiger partial charge in [0.25, 0.3) is 5.91 Å². The molecule has 0 radical (unpaired) electrons. The predicted octanol–water partition coefficient (Wildman–Crippen LogP) is 4.28. The number of carbonyl (C=O) groups excluding carboxylic acids is 2. The highest BCUT2D eigenvalue weighted by atomic mass is 32.1. The van der Waals surface area contributed by atoms with E-state index in [0.717, 1.165) is 15.9 Å². The summed E-state index contributed by atoms with van der Waals surface area (Å²) in [5.41, 5.74) is 0.437. The van der Waals surface area contributed by atoms with Crippen molar-refractivity contribution in [3.63, 3.8) is 0 Å². The molecule has 0 spiro atoms. The average Bonchev–Trinajstić information content (AvgIpc) is 2.94. The standard InChI is InChI=1S/C29H24NO3PS/c1-33-28(32)26(30-27(31)22-14-6-2-7-15-22)29(35)34(23-16-8-3-9-17-23,24-18-10-4-11-19-24)25-20-12-5-13-21-25/h2-21,26H,1H3/p+1. The van der Waals surface area contributed by atoms with Crippen LogP contribution in [-0.2, 0) is 9.53 Å². The molecule has 4 aromatic carbocycles. The number of nitrogens with one attached hydrogen (secondary N) is 1. The van der Waals surface area contributed by atoms with E-state index < -0.39 is 25.2 Å². The van der Waals surface area contributed by atoms with Gasteiger partial charge in [0, 0.05) is 5.56 Å². The number of ether oxygens (including phenoxy) is 1. The molecule has 1 N–H and O–H groups in total. The van der Waals surface area contributed by atoms with Crippen molar-refractivity contribution in [2.45, 2.75) is 6.04 Å². The largest absolute Gasteiger partial charge is 0.467 e. The SMILES string of the molecule is COC(=O)C(NC(=O)c1ccccc1)C(=S)[P+](c1ccccc1)(c1ccccc1)c1ccccc1. The zero-order valence-electron chi connectivity index (χ0n) is 19.2. The van der Waals surface area contributed by atoms with Crippen molar-refractivity contribution in [3.8, 4) is 0 Å². The third-order valence-corrected chi connectivity index (χ3v) is 11.0. The fraction of sp³-hybridized carbons (Fsp3) is 0.0690. The number of hydrogen-bond donors (Lipinski definition) is 1. The molecule has 1 atom stereocenters. The van der Waals surface area contributed by atoms with Gasteiger partial charge < -0.3 is 10.1 Å². The molecule has 0 fully saturated rings.